The molecule has 1 saturated heterocycles. The van der Waals surface area contributed by atoms with Crippen LogP contribution in [0.4, 0.5) is 10.7 Å². The predicted octanol–water partition coefficient (Wildman–Crippen LogP) is 0.604. The smallest absolute Gasteiger partial charge is 0.435 e. The number of hydrogen-bond acceptors (Lipinski definition) is 8. The maximum atomic E-state index is 11.6. The van der Waals surface area contributed by atoms with Crippen molar-refractivity contribution in [3.63, 3.8) is 0 Å². The fraction of sp³-hybridized carbons (Fsp3) is 0.500. The fourth-order valence-corrected chi connectivity index (χ4v) is 4.15. The molecule has 33 heavy (non-hydrogen) atoms. The molecule has 1 amide bonds. The molecule has 1 N–H and O–H groups in total. The maximum Gasteiger partial charge on any atom is 0.435 e. The third kappa shape index (κ3) is 7.23. The average molecular weight is 484 g/mol. The van der Waals surface area contributed by atoms with E-state index in [1.54, 1.807) is 40.2 Å². The Morgan fingerprint density at radius 1 is 1.27 bits per heavy atom. The molecule has 0 radical (unpaired) electrons. The molecule has 1 fully saturated rings. The van der Waals surface area contributed by atoms with Gasteiger partial charge in [0.25, 0.3) is 0 Å². The number of aromatic nitrogens is 2. The molecule has 0 saturated carbocycles. The lowest BCUT2D eigenvalue weighted by atomic mass is 10.2. The zero-order valence-electron chi connectivity index (χ0n) is 19.1. The van der Waals surface area contributed by atoms with Crippen LogP contribution in [-0.2, 0) is 35.1 Å². The Labute approximate surface area is 192 Å². The van der Waals surface area contributed by atoms with Crippen LogP contribution in [0.25, 0.3) is 0 Å². The summed E-state index contributed by atoms with van der Waals surface area (Å²) in [7, 11) is 0.466. The van der Waals surface area contributed by atoms with Crippen LogP contribution in [0.5, 0.6) is 0 Å². The molecule has 2 aromatic rings. The molecule has 1 aliphatic rings. The van der Waals surface area contributed by atoms with E-state index in [4.69, 9.17) is 4.74 Å². The molecule has 0 bridgehead atoms. The number of likely N-dealkylation sites (tertiary alicyclic amines) is 1. The van der Waals surface area contributed by atoms with Crippen LogP contribution in [0.2, 0.25) is 0 Å². The van der Waals surface area contributed by atoms with Crippen molar-refractivity contribution in [3.8, 4) is 0 Å². The molecule has 13 heteroatoms. The highest BCUT2D eigenvalue weighted by molar-refractivity contribution is 7.85. The molecule has 2 heterocycles. The van der Waals surface area contributed by atoms with Crippen molar-refractivity contribution in [3.05, 3.63) is 51.3 Å². The molecule has 3 rings (SSSR count). The monoisotopic (exact) mass is 483 g/mol. The number of amides is 1. The quantitative estimate of drug-likeness (QED) is 0.356. The number of rotatable bonds is 6. The van der Waals surface area contributed by atoms with E-state index < -0.39 is 21.1 Å². The number of nitro groups is 1. The van der Waals surface area contributed by atoms with E-state index in [-0.39, 0.29) is 17.5 Å². The summed E-state index contributed by atoms with van der Waals surface area (Å²) < 4.78 is 38.1. The third-order valence-electron chi connectivity index (χ3n) is 5.22. The van der Waals surface area contributed by atoms with Gasteiger partial charge in [-0.3, -0.25) is 0 Å². The summed E-state index contributed by atoms with van der Waals surface area (Å²) >= 11 is 0. The second-order valence-corrected chi connectivity index (χ2v) is 9.27. The van der Waals surface area contributed by atoms with Crippen LogP contribution in [0.3, 0.4) is 0 Å². The lowest BCUT2D eigenvalue weighted by molar-refractivity contribution is -0.901. The van der Waals surface area contributed by atoms with E-state index in [1.165, 1.54) is 26.5 Å². The van der Waals surface area contributed by atoms with Gasteiger partial charge in [0, 0.05) is 26.9 Å². The van der Waals surface area contributed by atoms with Crippen molar-refractivity contribution in [2.24, 2.45) is 7.05 Å². The number of aryl methyl sites for hydroxylation is 1. The first-order valence-corrected chi connectivity index (χ1v) is 11.7. The van der Waals surface area contributed by atoms with Crippen molar-refractivity contribution in [2.45, 2.75) is 37.8 Å². The number of benzene rings is 1. The van der Waals surface area contributed by atoms with Crippen molar-refractivity contribution in [2.75, 3.05) is 27.2 Å². The normalized spacial score (nSPS) is 13.8. The molecule has 12 nitrogen and oxygen atoms in total. The molecule has 0 unspecified atom stereocenters. The van der Waals surface area contributed by atoms with Gasteiger partial charge in [-0.05, 0) is 23.5 Å². The van der Waals surface area contributed by atoms with E-state index in [2.05, 4.69) is 4.98 Å². The number of imidazole rings is 1. The van der Waals surface area contributed by atoms with Gasteiger partial charge in [-0.1, -0.05) is 23.2 Å². The summed E-state index contributed by atoms with van der Waals surface area (Å²) in [5, 5.41) is 11.1. The van der Waals surface area contributed by atoms with Gasteiger partial charge in [0.2, 0.25) is 5.69 Å². The summed E-state index contributed by atoms with van der Waals surface area (Å²) in [5.41, 5.74) is 1.71. The summed E-state index contributed by atoms with van der Waals surface area (Å²) in [5.74, 6) is -0.218. The van der Waals surface area contributed by atoms with Crippen LogP contribution in [0.15, 0.2) is 29.2 Å². The summed E-state index contributed by atoms with van der Waals surface area (Å²) in [6.07, 6.45) is 1.84. The second kappa shape index (κ2) is 11.2. The molecule has 1 aliphatic heterocycles. The zero-order valence-corrected chi connectivity index (χ0v) is 19.9. The van der Waals surface area contributed by atoms with E-state index in [9.17, 15) is 27.9 Å². The second-order valence-electron chi connectivity index (χ2n) is 7.92. The van der Waals surface area contributed by atoms with Crippen molar-refractivity contribution >= 4 is 22.2 Å². The van der Waals surface area contributed by atoms with Gasteiger partial charge in [0.15, 0.2) is 12.3 Å². The number of carbonyl (C=O) groups is 1. The van der Waals surface area contributed by atoms with Crippen LogP contribution >= 0.6 is 0 Å². The van der Waals surface area contributed by atoms with Crippen LogP contribution < -0.4 is 4.90 Å². The van der Waals surface area contributed by atoms with Gasteiger partial charge in [-0.2, -0.15) is 0 Å². The van der Waals surface area contributed by atoms with Gasteiger partial charge in [0.1, 0.15) is 16.7 Å². The van der Waals surface area contributed by atoms with Gasteiger partial charge in [-0.15, -0.1) is 0 Å². The number of nitrogens with zero attached hydrogens (tertiary/aromatic N) is 4. The standard InChI is InChI=1S/C13H21N5O4.C7H8O3S/c1-15(2)13(19)22-9-11-10(8-17-6-4-5-7-17)14-12(16(11)3)18(20)21;1-6-4-2-3-5-7(6)11(8,9)10/h4-9H2,1-3H3;2-5H,1H3,(H,8,9,10). The topological polar surface area (TPSA) is 152 Å². The Morgan fingerprint density at radius 3 is 2.36 bits per heavy atom. The Balaban J connectivity index is 0.000000294. The molecular weight excluding hydrogens is 454 g/mol. The average Bonchev–Trinajstić information content (AvgIpc) is 3.34. The molecule has 1 aromatic heterocycles. The van der Waals surface area contributed by atoms with E-state index in [0.29, 0.717) is 23.5 Å². The molecular formula is C20H29N5O7S. The largest absolute Gasteiger partial charge is 0.744 e. The maximum absolute atomic E-state index is 11.6. The molecule has 1 aromatic carbocycles. The van der Waals surface area contributed by atoms with Crippen LogP contribution in [0.1, 0.15) is 29.8 Å². The van der Waals surface area contributed by atoms with E-state index >= 15 is 0 Å². The van der Waals surface area contributed by atoms with Gasteiger partial charge >= 0.3 is 12.0 Å². The first-order valence-electron chi connectivity index (χ1n) is 10.3. The highest BCUT2D eigenvalue weighted by Crippen LogP contribution is 2.17. The van der Waals surface area contributed by atoms with E-state index in [0.717, 1.165) is 25.9 Å². The summed E-state index contributed by atoms with van der Waals surface area (Å²) in [4.78, 5) is 28.8. The SMILES string of the molecule is CN(C)C(=O)OCc1c(C[NH+]2CCCC2)nc([N+](=O)[O-])n1C.Cc1ccccc1S(=O)(=O)[O-]. The molecule has 0 atom stereocenters. The highest BCUT2D eigenvalue weighted by Gasteiger charge is 2.29. The van der Waals surface area contributed by atoms with E-state index in [1.807, 2.05) is 0 Å². The third-order valence-corrected chi connectivity index (χ3v) is 6.22. The van der Waals surface area contributed by atoms with Crippen molar-refractivity contribution in [1.82, 2.24) is 14.5 Å². The Hall–Kier alpha value is -3.03. The van der Waals surface area contributed by atoms with Crippen LogP contribution in [0, 0.1) is 17.0 Å². The first kappa shape index (κ1) is 26.2. The lowest BCUT2D eigenvalue weighted by Gasteiger charge is -2.12. The summed E-state index contributed by atoms with van der Waals surface area (Å²) in [6.45, 7) is 4.28. The minimum Gasteiger partial charge on any atom is -0.744 e. The first-order chi connectivity index (χ1) is 15.4. The zero-order chi connectivity index (χ0) is 24.8. The highest BCUT2D eigenvalue weighted by atomic mass is 32.2. The minimum atomic E-state index is -4.28. The molecule has 182 valence electrons. The minimum absolute atomic E-state index is 0.0169. The number of ether oxygens (including phenoxy) is 1. The Bertz CT molecular complexity index is 1090. The predicted molar refractivity (Wildman–Crippen MR) is 117 cm³/mol. The number of hydrogen-bond donors (Lipinski definition) is 1. The number of nitrogens with one attached hydrogen (secondary N) is 1. The van der Waals surface area contributed by atoms with Gasteiger partial charge in [0.05, 0.1) is 25.0 Å². The van der Waals surface area contributed by atoms with Crippen LogP contribution in [-0.4, -0.2) is 65.6 Å². The lowest BCUT2D eigenvalue weighted by Crippen LogP contribution is -3.08. The van der Waals surface area contributed by atoms with Crippen molar-refractivity contribution < 1.29 is 32.3 Å². The number of carbonyl (C=O) groups excluding carboxylic acids is 1. The molecule has 0 spiro atoms. The summed E-state index contributed by atoms with van der Waals surface area (Å²) in [6, 6.07) is 6.10. The van der Waals surface area contributed by atoms with Crippen molar-refractivity contribution in [1.29, 1.82) is 0 Å². The van der Waals surface area contributed by atoms with Gasteiger partial charge < -0.3 is 29.2 Å². The Kier molecular flexibility index (Phi) is 8.91. The Morgan fingerprint density at radius 2 is 1.88 bits per heavy atom. The fourth-order valence-electron chi connectivity index (χ4n) is 3.44. The number of quaternary nitrogens is 1. The molecule has 0 aliphatic carbocycles. The van der Waals surface area contributed by atoms with Gasteiger partial charge in [-0.25, -0.2) is 17.8 Å².